The summed E-state index contributed by atoms with van der Waals surface area (Å²) in [5.74, 6) is -0.747. The second-order valence-corrected chi connectivity index (χ2v) is 6.85. The molecule has 0 radical (unpaired) electrons. The molecular weight excluding hydrogens is 324 g/mol. The highest BCUT2D eigenvalue weighted by Gasteiger charge is 2.36. The summed E-state index contributed by atoms with van der Waals surface area (Å²) in [6.07, 6.45) is 0.659. The van der Waals surface area contributed by atoms with Gasteiger partial charge in [-0.05, 0) is 45.7 Å². The first-order valence-corrected chi connectivity index (χ1v) is 8.21. The van der Waals surface area contributed by atoms with E-state index in [4.69, 9.17) is 9.47 Å². The maximum atomic E-state index is 12.9. The van der Waals surface area contributed by atoms with Crippen molar-refractivity contribution in [1.29, 1.82) is 0 Å². The number of likely N-dealkylation sites (tertiary alicyclic amines) is 1. The monoisotopic (exact) mass is 348 g/mol. The Morgan fingerprint density at radius 1 is 1.20 bits per heavy atom. The van der Waals surface area contributed by atoms with Gasteiger partial charge in [-0.2, -0.15) is 0 Å². The summed E-state index contributed by atoms with van der Waals surface area (Å²) in [5.41, 5.74) is 0.00923. The minimum absolute atomic E-state index is 0.309. The number of ether oxygens (including phenoxy) is 2. The van der Waals surface area contributed by atoms with Gasteiger partial charge in [0.15, 0.2) is 0 Å². The topological polar surface area (TPSA) is 84.9 Å². The zero-order chi connectivity index (χ0) is 18.6. The standard InChI is InChI=1S/C18H24N2O5/c1-18(2,3)25-17(23)19-13-9-6-5-8-12(13)15(21)20-11-7-10-14(20)16(22)24-4/h5-6,8-9,14H,7,10-11H2,1-4H3,(H,19,23)/t14-/m0/s1. The minimum atomic E-state index is -0.645. The van der Waals surface area contributed by atoms with Gasteiger partial charge < -0.3 is 14.4 Å². The van der Waals surface area contributed by atoms with Crippen molar-refractivity contribution < 1.29 is 23.9 Å². The Morgan fingerprint density at radius 3 is 2.52 bits per heavy atom. The molecule has 1 aromatic rings. The molecule has 0 aromatic heterocycles. The third kappa shape index (κ3) is 4.71. The molecule has 2 amide bonds. The number of hydrogen-bond donors (Lipinski definition) is 1. The molecule has 1 aromatic carbocycles. The summed E-state index contributed by atoms with van der Waals surface area (Å²) in [6.45, 7) is 5.75. The number of rotatable bonds is 3. The second kappa shape index (κ2) is 7.55. The fourth-order valence-corrected chi connectivity index (χ4v) is 2.74. The van der Waals surface area contributed by atoms with Gasteiger partial charge in [0.1, 0.15) is 11.6 Å². The van der Waals surface area contributed by atoms with Crippen LogP contribution in [0.4, 0.5) is 10.5 Å². The van der Waals surface area contributed by atoms with Crippen molar-refractivity contribution in [2.45, 2.75) is 45.3 Å². The predicted molar refractivity (Wildman–Crippen MR) is 92.4 cm³/mol. The highest BCUT2D eigenvalue weighted by atomic mass is 16.6. The summed E-state index contributed by atoms with van der Waals surface area (Å²) in [5, 5.41) is 2.60. The number of carbonyl (C=O) groups excluding carboxylic acids is 3. The number of nitrogens with one attached hydrogen (secondary N) is 1. The summed E-state index contributed by atoms with van der Waals surface area (Å²) >= 11 is 0. The smallest absolute Gasteiger partial charge is 0.412 e. The Hall–Kier alpha value is -2.57. The summed E-state index contributed by atoms with van der Waals surface area (Å²) in [4.78, 5) is 38.3. The molecule has 1 fully saturated rings. The molecule has 7 heteroatoms. The number of nitrogens with zero attached hydrogens (tertiary/aromatic N) is 1. The van der Waals surface area contributed by atoms with Crippen LogP contribution in [0.1, 0.15) is 44.0 Å². The molecule has 7 nitrogen and oxygen atoms in total. The van der Waals surface area contributed by atoms with Gasteiger partial charge >= 0.3 is 12.1 Å². The molecule has 25 heavy (non-hydrogen) atoms. The van der Waals surface area contributed by atoms with Gasteiger partial charge in [0.2, 0.25) is 0 Å². The highest BCUT2D eigenvalue weighted by Crippen LogP contribution is 2.25. The number of amides is 2. The van der Waals surface area contributed by atoms with Crippen molar-refractivity contribution >= 4 is 23.7 Å². The predicted octanol–water partition coefficient (Wildman–Crippen LogP) is 2.81. The van der Waals surface area contributed by atoms with Crippen LogP contribution in [0.2, 0.25) is 0 Å². The van der Waals surface area contributed by atoms with Crippen molar-refractivity contribution in [3.8, 4) is 0 Å². The van der Waals surface area contributed by atoms with Crippen molar-refractivity contribution in [2.24, 2.45) is 0 Å². The Balaban J connectivity index is 2.20. The number of para-hydroxylation sites is 1. The van der Waals surface area contributed by atoms with Crippen LogP contribution in [0.25, 0.3) is 0 Å². The Labute approximate surface area is 147 Å². The van der Waals surface area contributed by atoms with Crippen molar-refractivity contribution in [3.63, 3.8) is 0 Å². The summed E-state index contributed by atoms with van der Waals surface area (Å²) in [6, 6.07) is 6.07. The first kappa shape index (κ1) is 18.8. The van der Waals surface area contributed by atoms with Gasteiger partial charge in [-0.25, -0.2) is 9.59 Å². The average Bonchev–Trinajstić information content (AvgIpc) is 3.01. The normalized spacial score (nSPS) is 17.1. The SMILES string of the molecule is COC(=O)[C@@H]1CCCN1C(=O)c1ccccc1NC(=O)OC(C)(C)C. The van der Waals surface area contributed by atoms with E-state index < -0.39 is 23.7 Å². The summed E-state index contributed by atoms with van der Waals surface area (Å²) in [7, 11) is 1.31. The molecule has 1 saturated heterocycles. The number of methoxy groups -OCH3 is 1. The average molecular weight is 348 g/mol. The van der Waals surface area contributed by atoms with Crippen LogP contribution in [0, 0.1) is 0 Å². The molecule has 136 valence electrons. The van der Waals surface area contributed by atoms with E-state index in [2.05, 4.69) is 5.32 Å². The zero-order valence-corrected chi connectivity index (χ0v) is 15.0. The van der Waals surface area contributed by atoms with Gasteiger partial charge in [0, 0.05) is 6.54 Å². The van der Waals surface area contributed by atoms with Crippen molar-refractivity contribution in [2.75, 3.05) is 19.0 Å². The molecule has 1 N–H and O–H groups in total. The Morgan fingerprint density at radius 2 is 1.88 bits per heavy atom. The molecule has 1 atom stereocenters. The summed E-state index contributed by atoms with van der Waals surface area (Å²) < 4.78 is 10.0. The molecule has 0 spiro atoms. The van der Waals surface area contributed by atoms with E-state index in [1.165, 1.54) is 12.0 Å². The third-order valence-electron chi connectivity index (χ3n) is 3.78. The molecule has 0 unspecified atom stereocenters. The molecule has 0 saturated carbocycles. The van der Waals surface area contributed by atoms with Crippen LogP contribution >= 0.6 is 0 Å². The number of carbonyl (C=O) groups is 3. The fraction of sp³-hybridized carbons (Fsp3) is 0.500. The molecule has 1 aliphatic rings. The fourth-order valence-electron chi connectivity index (χ4n) is 2.74. The van der Waals surface area contributed by atoms with Gasteiger partial charge in [-0.3, -0.25) is 10.1 Å². The van der Waals surface area contributed by atoms with Crippen LogP contribution in [-0.2, 0) is 14.3 Å². The Bertz CT molecular complexity index is 666. The van der Waals surface area contributed by atoms with E-state index in [0.717, 1.165) is 6.42 Å². The first-order chi connectivity index (χ1) is 11.7. The number of esters is 1. The van der Waals surface area contributed by atoms with E-state index in [9.17, 15) is 14.4 Å². The maximum absolute atomic E-state index is 12.9. The lowest BCUT2D eigenvalue weighted by Crippen LogP contribution is -2.41. The van der Waals surface area contributed by atoms with Crippen LogP contribution < -0.4 is 5.32 Å². The second-order valence-electron chi connectivity index (χ2n) is 6.85. The van der Waals surface area contributed by atoms with Crippen LogP contribution in [0.15, 0.2) is 24.3 Å². The molecule has 1 heterocycles. The van der Waals surface area contributed by atoms with Gasteiger partial charge in [0.25, 0.3) is 5.91 Å². The van der Waals surface area contributed by atoms with Crippen LogP contribution in [0.5, 0.6) is 0 Å². The first-order valence-electron chi connectivity index (χ1n) is 8.21. The van der Waals surface area contributed by atoms with E-state index in [-0.39, 0.29) is 5.91 Å². The highest BCUT2D eigenvalue weighted by molar-refractivity contribution is 6.04. The number of anilines is 1. The van der Waals surface area contributed by atoms with E-state index >= 15 is 0 Å². The molecule has 0 aliphatic carbocycles. The zero-order valence-electron chi connectivity index (χ0n) is 15.0. The van der Waals surface area contributed by atoms with Gasteiger partial charge in [-0.1, -0.05) is 12.1 Å². The quantitative estimate of drug-likeness (QED) is 0.849. The van der Waals surface area contributed by atoms with Gasteiger partial charge in [0.05, 0.1) is 18.4 Å². The van der Waals surface area contributed by atoms with Gasteiger partial charge in [-0.15, -0.1) is 0 Å². The molecule has 1 aliphatic heterocycles. The van der Waals surface area contributed by atoms with Crippen molar-refractivity contribution in [1.82, 2.24) is 4.90 Å². The third-order valence-corrected chi connectivity index (χ3v) is 3.78. The van der Waals surface area contributed by atoms with E-state index in [1.807, 2.05) is 0 Å². The van der Waals surface area contributed by atoms with Crippen molar-refractivity contribution in [3.05, 3.63) is 29.8 Å². The largest absolute Gasteiger partial charge is 0.467 e. The lowest BCUT2D eigenvalue weighted by Gasteiger charge is -2.24. The number of benzene rings is 1. The molecule has 0 bridgehead atoms. The van der Waals surface area contributed by atoms with Crippen LogP contribution in [0.3, 0.4) is 0 Å². The lowest BCUT2D eigenvalue weighted by molar-refractivity contribution is -0.145. The minimum Gasteiger partial charge on any atom is -0.467 e. The lowest BCUT2D eigenvalue weighted by atomic mass is 10.1. The maximum Gasteiger partial charge on any atom is 0.412 e. The molecule has 2 rings (SSSR count). The number of hydrogen-bond acceptors (Lipinski definition) is 5. The molecular formula is C18H24N2O5. The van der Waals surface area contributed by atoms with E-state index in [0.29, 0.717) is 24.2 Å². The Kier molecular flexibility index (Phi) is 5.66. The van der Waals surface area contributed by atoms with E-state index in [1.54, 1.807) is 45.0 Å². The van der Waals surface area contributed by atoms with Crippen LogP contribution in [-0.4, -0.2) is 48.2 Å².